The molecule has 0 radical (unpaired) electrons. The van der Waals surface area contributed by atoms with Gasteiger partial charge in [0.05, 0.1) is 0 Å². The third-order valence-electron chi connectivity index (χ3n) is 3.54. The molecule has 0 unspecified atom stereocenters. The summed E-state index contributed by atoms with van der Waals surface area (Å²) in [4.78, 5) is 22.4. The second-order valence-corrected chi connectivity index (χ2v) is 5.20. The molecule has 0 spiro atoms. The SMILES string of the molecule is O=C(O)/C=C/c1cccc(NC(=O)CC2CCCC2)c1. The lowest BCUT2D eigenvalue weighted by molar-refractivity contribution is -0.131. The topological polar surface area (TPSA) is 66.4 Å². The van der Waals surface area contributed by atoms with Crippen molar-refractivity contribution >= 4 is 23.6 Å². The van der Waals surface area contributed by atoms with E-state index in [4.69, 9.17) is 5.11 Å². The molecule has 1 aliphatic rings. The van der Waals surface area contributed by atoms with Gasteiger partial charge < -0.3 is 10.4 Å². The summed E-state index contributed by atoms with van der Waals surface area (Å²) >= 11 is 0. The minimum atomic E-state index is -0.985. The summed E-state index contributed by atoms with van der Waals surface area (Å²) in [6, 6.07) is 7.18. The van der Waals surface area contributed by atoms with Crippen molar-refractivity contribution in [2.24, 2.45) is 5.92 Å². The predicted octanol–water partition coefficient (Wildman–Crippen LogP) is 3.30. The van der Waals surface area contributed by atoms with Crippen LogP contribution in [0.5, 0.6) is 0 Å². The molecule has 4 heteroatoms. The van der Waals surface area contributed by atoms with E-state index in [1.165, 1.54) is 18.9 Å². The lowest BCUT2D eigenvalue weighted by Crippen LogP contribution is -2.15. The zero-order chi connectivity index (χ0) is 14.4. The van der Waals surface area contributed by atoms with E-state index in [1.54, 1.807) is 18.2 Å². The first-order chi connectivity index (χ1) is 9.63. The predicted molar refractivity (Wildman–Crippen MR) is 78.3 cm³/mol. The maximum atomic E-state index is 11.9. The third kappa shape index (κ3) is 4.53. The van der Waals surface area contributed by atoms with Crippen LogP contribution in [-0.2, 0) is 9.59 Å². The lowest BCUT2D eigenvalue weighted by Gasteiger charge is -2.10. The van der Waals surface area contributed by atoms with Crippen LogP contribution in [0, 0.1) is 5.92 Å². The molecule has 0 bridgehead atoms. The number of amides is 1. The Morgan fingerprint density at radius 3 is 2.75 bits per heavy atom. The Labute approximate surface area is 118 Å². The molecule has 1 fully saturated rings. The first-order valence-corrected chi connectivity index (χ1v) is 6.94. The van der Waals surface area contributed by atoms with Crippen molar-refractivity contribution < 1.29 is 14.7 Å². The molecule has 20 heavy (non-hydrogen) atoms. The van der Waals surface area contributed by atoms with Gasteiger partial charge >= 0.3 is 5.97 Å². The Hall–Kier alpha value is -2.10. The molecule has 0 saturated heterocycles. The highest BCUT2D eigenvalue weighted by atomic mass is 16.4. The van der Waals surface area contributed by atoms with Gasteiger partial charge in [0.25, 0.3) is 0 Å². The van der Waals surface area contributed by atoms with Crippen molar-refractivity contribution in [3.05, 3.63) is 35.9 Å². The van der Waals surface area contributed by atoms with Gasteiger partial charge in [-0.1, -0.05) is 25.0 Å². The highest BCUT2D eigenvalue weighted by molar-refractivity contribution is 5.91. The van der Waals surface area contributed by atoms with Crippen LogP contribution in [0.2, 0.25) is 0 Å². The van der Waals surface area contributed by atoms with E-state index in [1.807, 2.05) is 6.07 Å². The number of hydrogen-bond acceptors (Lipinski definition) is 2. The summed E-state index contributed by atoms with van der Waals surface area (Å²) in [7, 11) is 0. The van der Waals surface area contributed by atoms with E-state index in [9.17, 15) is 9.59 Å². The Balaban J connectivity index is 1.93. The van der Waals surface area contributed by atoms with Gasteiger partial charge in [0.2, 0.25) is 5.91 Å². The lowest BCUT2D eigenvalue weighted by atomic mass is 10.0. The van der Waals surface area contributed by atoms with Crippen LogP contribution in [0.25, 0.3) is 6.08 Å². The summed E-state index contributed by atoms with van der Waals surface area (Å²) in [5, 5.41) is 11.5. The van der Waals surface area contributed by atoms with Gasteiger partial charge in [-0.05, 0) is 42.5 Å². The molecule has 1 amide bonds. The van der Waals surface area contributed by atoms with Crippen molar-refractivity contribution in [3.63, 3.8) is 0 Å². The van der Waals surface area contributed by atoms with Crippen molar-refractivity contribution in [1.29, 1.82) is 0 Å². The standard InChI is InChI=1S/C16H19NO3/c18-15(11-12-4-1-2-5-12)17-14-7-3-6-13(10-14)8-9-16(19)20/h3,6-10,12H,1-2,4-5,11H2,(H,17,18)(H,19,20)/b9-8+. The molecule has 1 aliphatic carbocycles. The van der Waals surface area contributed by atoms with Gasteiger partial charge in [-0.3, -0.25) is 4.79 Å². The van der Waals surface area contributed by atoms with Crippen LogP contribution in [0.3, 0.4) is 0 Å². The second-order valence-electron chi connectivity index (χ2n) is 5.20. The Morgan fingerprint density at radius 1 is 1.30 bits per heavy atom. The van der Waals surface area contributed by atoms with E-state index < -0.39 is 5.97 Å². The fraction of sp³-hybridized carbons (Fsp3) is 0.375. The van der Waals surface area contributed by atoms with E-state index in [0.29, 0.717) is 18.0 Å². The number of anilines is 1. The first kappa shape index (κ1) is 14.3. The molecule has 1 aromatic rings. The normalized spacial score (nSPS) is 15.6. The molecule has 0 atom stereocenters. The number of rotatable bonds is 5. The van der Waals surface area contributed by atoms with E-state index in [2.05, 4.69) is 5.32 Å². The summed E-state index contributed by atoms with van der Waals surface area (Å²) in [6.07, 6.45) is 7.92. The van der Waals surface area contributed by atoms with Crippen LogP contribution >= 0.6 is 0 Å². The second kappa shape index (κ2) is 6.89. The number of carboxylic acids is 1. The fourth-order valence-electron chi connectivity index (χ4n) is 2.58. The van der Waals surface area contributed by atoms with Crippen LogP contribution < -0.4 is 5.32 Å². The third-order valence-corrected chi connectivity index (χ3v) is 3.54. The van der Waals surface area contributed by atoms with Gasteiger partial charge in [0.1, 0.15) is 0 Å². The van der Waals surface area contributed by atoms with Crippen LogP contribution in [-0.4, -0.2) is 17.0 Å². The molecule has 0 aromatic heterocycles. The minimum absolute atomic E-state index is 0.0382. The number of aliphatic carboxylic acids is 1. The van der Waals surface area contributed by atoms with Gasteiger partial charge in [-0.15, -0.1) is 0 Å². The van der Waals surface area contributed by atoms with E-state index in [0.717, 1.165) is 24.5 Å². The molecule has 1 saturated carbocycles. The molecule has 0 heterocycles. The Kier molecular flexibility index (Phi) is 4.93. The molecular weight excluding hydrogens is 254 g/mol. The average molecular weight is 273 g/mol. The van der Waals surface area contributed by atoms with E-state index in [-0.39, 0.29) is 5.91 Å². The minimum Gasteiger partial charge on any atom is -0.478 e. The number of carbonyl (C=O) groups is 2. The number of carbonyl (C=O) groups excluding carboxylic acids is 1. The van der Waals surface area contributed by atoms with Crippen molar-refractivity contribution in [1.82, 2.24) is 0 Å². The van der Waals surface area contributed by atoms with Gasteiger partial charge in [0.15, 0.2) is 0 Å². The van der Waals surface area contributed by atoms with Gasteiger partial charge in [-0.2, -0.15) is 0 Å². The molecule has 2 N–H and O–H groups in total. The van der Waals surface area contributed by atoms with Crippen LogP contribution in [0.4, 0.5) is 5.69 Å². The van der Waals surface area contributed by atoms with Crippen molar-refractivity contribution in [3.8, 4) is 0 Å². The number of carboxylic acid groups (broad SMARTS) is 1. The highest BCUT2D eigenvalue weighted by Crippen LogP contribution is 2.27. The molecule has 4 nitrogen and oxygen atoms in total. The van der Waals surface area contributed by atoms with Crippen molar-refractivity contribution in [2.75, 3.05) is 5.32 Å². The zero-order valence-corrected chi connectivity index (χ0v) is 11.3. The summed E-state index contributed by atoms with van der Waals surface area (Å²) < 4.78 is 0. The molecule has 0 aliphatic heterocycles. The Bertz CT molecular complexity index is 516. The summed E-state index contributed by atoms with van der Waals surface area (Å²) in [5.74, 6) is -0.429. The number of hydrogen-bond donors (Lipinski definition) is 2. The van der Waals surface area contributed by atoms with Crippen LogP contribution in [0.15, 0.2) is 30.3 Å². The largest absolute Gasteiger partial charge is 0.478 e. The fourth-order valence-corrected chi connectivity index (χ4v) is 2.58. The quantitative estimate of drug-likeness (QED) is 0.809. The van der Waals surface area contributed by atoms with Crippen molar-refractivity contribution in [2.45, 2.75) is 32.1 Å². The summed E-state index contributed by atoms with van der Waals surface area (Å²) in [5.41, 5.74) is 1.46. The zero-order valence-electron chi connectivity index (χ0n) is 11.3. The Morgan fingerprint density at radius 2 is 2.05 bits per heavy atom. The summed E-state index contributed by atoms with van der Waals surface area (Å²) in [6.45, 7) is 0. The van der Waals surface area contributed by atoms with Gasteiger partial charge in [0, 0.05) is 18.2 Å². The van der Waals surface area contributed by atoms with Crippen LogP contribution in [0.1, 0.15) is 37.7 Å². The maximum absolute atomic E-state index is 11.9. The monoisotopic (exact) mass is 273 g/mol. The smallest absolute Gasteiger partial charge is 0.328 e. The maximum Gasteiger partial charge on any atom is 0.328 e. The highest BCUT2D eigenvalue weighted by Gasteiger charge is 2.18. The van der Waals surface area contributed by atoms with Gasteiger partial charge in [-0.25, -0.2) is 4.79 Å². The molecule has 1 aromatic carbocycles. The number of benzene rings is 1. The van der Waals surface area contributed by atoms with E-state index >= 15 is 0 Å². The first-order valence-electron chi connectivity index (χ1n) is 6.94. The number of nitrogens with one attached hydrogen (secondary N) is 1. The molecule has 106 valence electrons. The molecule has 2 rings (SSSR count). The molecular formula is C16H19NO3. The average Bonchev–Trinajstić information content (AvgIpc) is 2.89.